The fourth-order valence-corrected chi connectivity index (χ4v) is 1.84. The molecule has 0 N–H and O–H groups in total. The molecule has 0 aromatic heterocycles. The summed E-state index contributed by atoms with van der Waals surface area (Å²) in [5.41, 5.74) is 0. The SMILES string of the molecule is O=C[N+]1([O-])CCSCC1. The lowest BCUT2D eigenvalue weighted by Crippen LogP contribution is -2.46. The number of carbonyl (C=O) groups excluding carboxylic acids is 1. The van der Waals surface area contributed by atoms with Gasteiger partial charge < -0.3 is 5.21 Å². The van der Waals surface area contributed by atoms with Crippen LogP contribution < -0.4 is 0 Å². The van der Waals surface area contributed by atoms with E-state index < -0.39 is 4.65 Å². The highest BCUT2D eigenvalue weighted by atomic mass is 32.2. The molecular formula is C5H9NO2S. The molecule has 0 radical (unpaired) electrons. The molecule has 52 valence electrons. The van der Waals surface area contributed by atoms with Crippen LogP contribution in [0.25, 0.3) is 0 Å². The summed E-state index contributed by atoms with van der Waals surface area (Å²) in [5, 5.41) is 11.0. The van der Waals surface area contributed by atoms with Gasteiger partial charge in [0.2, 0.25) is 0 Å². The summed E-state index contributed by atoms with van der Waals surface area (Å²) < 4.78 is -0.632. The Balaban J connectivity index is 2.46. The van der Waals surface area contributed by atoms with E-state index in [1.165, 1.54) is 0 Å². The van der Waals surface area contributed by atoms with Crippen LogP contribution in [0.5, 0.6) is 0 Å². The van der Waals surface area contributed by atoms with Gasteiger partial charge >= 0.3 is 6.41 Å². The maximum absolute atomic E-state index is 11.0. The first-order valence-corrected chi connectivity index (χ1v) is 4.04. The molecule has 0 aliphatic carbocycles. The highest BCUT2D eigenvalue weighted by molar-refractivity contribution is 7.99. The third-order valence-corrected chi connectivity index (χ3v) is 2.36. The van der Waals surface area contributed by atoms with E-state index in [9.17, 15) is 10.0 Å². The molecule has 1 amide bonds. The summed E-state index contributed by atoms with van der Waals surface area (Å²) in [6, 6.07) is 0. The maximum atomic E-state index is 11.0. The van der Waals surface area contributed by atoms with Gasteiger partial charge in [-0.25, -0.2) is 4.79 Å². The first-order valence-electron chi connectivity index (χ1n) is 2.89. The molecule has 0 atom stereocenters. The van der Waals surface area contributed by atoms with Gasteiger partial charge in [-0.15, -0.1) is 0 Å². The lowest BCUT2D eigenvalue weighted by atomic mass is 10.5. The molecule has 0 bridgehead atoms. The van der Waals surface area contributed by atoms with E-state index in [-0.39, 0.29) is 0 Å². The molecule has 1 rings (SSSR count). The van der Waals surface area contributed by atoms with Crippen molar-refractivity contribution in [1.82, 2.24) is 0 Å². The normalized spacial score (nSPS) is 25.4. The number of amides is 1. The fourth-order valence-electron chi connectivity index (χ4n) is 0.757. The van der Waals surface area contributed by atoms with Gasteiger partial charge in [0.15, 0.2) is 0 Å². The van der Waals surface area contributed by atoms with Gasteiger partial charge in [-0.2, -0.15) is 11.8 Å². The zero-order valence-corrected chi connectivity index (χ0v) is 5.89. The van der Waals surface area contributed by atoms with E-state index in [4.69, 9.17) is 0 Å². The predicted octanol–water partition coefficient (Wildman–Crippen LogP) is 0.204. The Labute approximate surface area is 58.2 Å². The molecule has 0 saturated carbocycles. The summed E-state index contributed by atoms with van der Waals surface area (Å²) in [5.74, 6) is 1.64. The Morgan fingerprint density at radius 1 is 1.44 bits per heavy atom. The predicted molar refractivity (Wildman–Crippen MR) is 36.8 cm³/mol. The number of quaternary nitrogens is 1. The van der Waals surface area contributed by atoms with Crippen LogP contribution in [-0.4, -0.2) is 35.7 Å². The fraction of sp³-hybridized carbons (Fsp3) is 0.800. The summed E-state index contributed by atoms with van der Waals surface area (Å²) in [4.78, 5) is 10.1. The molecule has 0 unspecified atom stereocenters. The number of carbonyl (C=O) groups is 1. The minimum Gasteiger partial charge on any atom is -0.625 e. The minimum atomic E-state index is -0.632. The first-order chi connectivity index (χ1) is 4.27. The van der Waals surface area contributed by atoms with Crippen molar-refractivity contribution in [2.24, 2.45) is 0 Å². The van der Waals surface area contributed by atoms with Crippen molar-refractivity contribution in [2.75, 3.05) is 24.6 Å². The van der Waals surface area contributed by atoms with Crippen molar-refractivity contribution in [3.63, 3.8) is 0 Å². The molecule has 1 aliphatic rings. The molecule has 0 aromatic rings. The standard InChI is InChI=1S/C5H9NO2S/c7-5-6(8)1-3-9-4-2-6/h5H,1-4H2. The third-order valence-electron chi connectivity index (χ3n) is 1.42. The Morgan fingerprint density at radius 2 is 2.00 bits per heavy atom. The second-order valence-corrected chi connectivity index (χ2v) is 3.34. The number of rotatable bonds is 1. The lowest BCUT2D eigenvalue weighted by Gasteiger charge is -2.38. The van der Waals surface area contributed by atoms with Crippen LogP contribution in [0.3, 0.4) is 0 Å². The average Bonchev–Trinajstić information content (AvgIpc) is 1.90. The number of thioether (sulfide) groups is 1. The van der Waals surface area contributed by atoms with Crippen LogP contribution in [-0.2, 0) is 4.79 Å². The molecule has 4 heteroatoms. The summed E-state index contributed by atoms with van der Waals surface area (Å²) >= 11 is 1.74. The first kappa shape index (κ1) is 7.05. The molecule has 0 aromatic carbocycles. The number of hydrogen-bond donors (Lipinski definition) is 0. The molecular weight excluding hydrogens is 138 g/mol. The van der Waals surface area contributed by atoms with Crippen molar-refractivity contribution in [2.45, 2.75) is 0 Å². The largest absolute Gasteiger partial charge is 0.625 e. The van der Waals surface area contributed by atoms with E-state index in [2.05, 4.69) is 0 Å². The molecule has 1 heterocycles. The van der Waals surface area contributed by atoms with E-state index in [1.807, 2.05) is 0 Å². The lowest BCUT2D eigenvalue weighted by molar-refractivity contribution is -0.790. The van der Waals surface area contributed by atoms with Gasteiger partial charge in [0.25, 0.3) is 0 Å². The van der Waals surface area contributed by atoms with E-state index in [1.54, 1.807) is 11.8 Å². The second-order valence-electron chi connectivity index (χ2n) is 2.12. The monoisotopic (exact) mass is 147 g/mol. The van der Waals surface area contributed by atoms with Crippen LogP contribution >= 0.6 is 11.8 Å². The molecule has 1 aliphatic heterocycles. The van der Waals surface area contributed by atoms with E-state index >= 15 is 0 Å². The van der Waals surface area contributed by atoms with Crippen LogP contribution in [0, 0.1) is 5.21 Å². The van der Waals surface area contributed by atoms with Crippen LogP contribution in [0.4, 0.5) is 0 Å². The molecule has 3 nitrogen and oxygen atoms in total. The maximum Gasteiger partial charge on any atom is 0.301 e. The number of hydroxylamine groups is 3. The highest BCUT2D eigenvalue weighted by Crippen LogP contribution is 2.13. The number of nitrogens with zero attached hydrogens (tertiary/aromatic N) is 1. The van der Waals surface area contributed by atoms with E-state index in [0.29, 0.717) is 19.5 Å². The van der Waals surface area contributed by atoms with Crippen LogP contribution in [0.2, 0.25) is 0 Å². The van der Waals surface area contributed by atoms with Crippen LogP contribution in [0.15, 0.2) is 0 Å². The second kappa shape index (κ2) is 2.68. The summed E-state index contributed by atoms with van der Waals surface area (Å²) in [6.07, 6.45) is 0.500. The van der Waals surface area contributed by atoms with E-state index in [0.717, 1.165) is 11.5 Å². The third kappa shape index (κ3) is 1.67. The molecule has 9 heavy (non-hydrogen) atoms. The summed E-state index contributed by atoms with van der Waals surface area (Å²) in [7, 11) is 0. The van der Waals surface area contributed by atoms with Crippen molar-refractivity contribution in [1.29, 1.82) is 0 Å². The topological polar surface area (TPSA) is 40.1 Å². The molecule has 0 spiro atoms. The van der Waals surface area contributed by atoms with Crippen molar-refractivity contribution < 1.29 is 9.44 Å². The minimum absolute atomic E-state index is 0.453. The Hall–Kier alpha value is -0.0600. The zero-order chi connectivity index (χ0) is 6.74. The van der Waals surface area contributed by atoms with Crippen molar-refractivity contribution in [3.05, 3.63) is 5.21 Å². The van der Waals surface area contributed by atoms with Crippen LogP contribution in [0.1, 0.15) is 0 Å². The Kier molecular flexibility index (Phi) is 2.10. The van der Waals surface area contributed by atoms with Gasteiger partial charge in [-0.3, -0.25) is 4.65 Å². The Bertz CT molecular complexity index is 112. The van der Waals surface area contributed by atoms with Crippen molar-refractivity contribution in [3.8, 4) is 0 Å². The molecule has 1 fully saturated rings. The van der Waals surface area contributed by atoms with Gasteiger partial charge in [0.1, 0.15) is 0 Å². The quantitative estimate of drug-likeness (QED) is 0.302. The molecule has 1 saturated heterocycles. The zero-order valence-electron chi connectivity index (χ0n) is 5.08. The highest BCUT2D eigenvalue weighted by Gasteiger charge is 2.19. The smallest absolute Gasteiger partial charge is 0.301 e. The van der Waals surface area contributed by atoms with Gasteiger partial charge in [0.05, 0.1) is 13.1 Å². The van der Waals surface area contributed by atoms with Gasteiger partial charge in [0, 0.05) is 11.5 Å². The Morgan fingerprint density at radius 3 is 2.33 bits per heavy atom. The van der Waals surface area contributed by atoms with Crippen molar-refractivity contribution >= 4 is 18.2 Å². The number of hydrogen-bond acceptors (Lipinski definition) is 3. The van der Waals surface area contributed by atoms with Gasteiger partial charge in [-0.1, -0.05) is 0 Å². The summed E-state index contributed by atoms with van der Waals surface area (Å²) in [6.45, 7) is 0.905. The average molecular weight is 147 g/mol. The van der Waals surface area contributed by atoms with Gasteiger partial charge in [-0.05, 0) is 0 Å².